The first-order valence-electron chi connectivity index (χ1n) is 8.69. The largest absolute Gasteiger partial charge is 0.492 e. The van der Waals surface area contributed by atoms with Crippen LogP contribution in [-0.4, -0.2) is 56.2 Å². The summed E-state index contributed by atoms with van der Waals surface area (Å²) in [7, 11) is 0. The van der Waals surface area contributed by atoms with E-state index in [4.69, 9.17) is 4.74 Å². The van der Waals surface area contributed by atoms with Gasteiger partial charge in [0.05, 0.1) is 0 Å². The number of carbonyl (C=O) groups excluding carboxylic acids is 1. The molecule has 0 spiro atoms. The van der Waals surface area contributed by atoms with E-state index in [0.29, 0.717) is 12.2 Å². The van der Waals surface area contributed by atoms with Crippen molar-refractivity contribution < 1.29 is 9.53 Å². The van der Waals surface area contributed by atoms with Gasteiger partial charge in [-0.3, -0.25) is 4.79 Å². The van der Waals surface area contributed by atoms with E-state index in [9.17, 15) is 4.79 Å². The van der Waals surface area contributed by atoms with E-state index < -0.39 is 0 Å². The van der Waals surface area contributed by atoms with Crippen LogP contribution in [-0.2, 0) is 0 Å². The van der Waals surface area contributed by atoms with Crippen molar-refractivity contribution in [2.24, 2.45) is 0 Å². The van der Waals surface area contributed by atoms with Crippen molar-refractivity contribution in [3.63, 3.8) is 0 Å². The minimum absolute atomic E-state index is 0.00610. The van der Waals surface area contributed by atoms with Crippen molar-refractivity contribution in [2.45, 2.75) is 32.7 Å². The Hall–Kier alpha value is -1.59. The number of hydrogen-bond acceptors (Lipinski definition) is 4. The Morgan fingerprint density at radius 3 is 2.48 bits per heavy atom. The number of rotatable bonds is 8. The molecule has 0 unspecified atom stereocenters. The molecule has 1 amide bonds. The van der Waals surface area contributed by atoms with Crippen LogP contribution in [0.4, 0.5) is 0 Å². The van der Waals surface area contributed by atoms with Gasteiger partial charge in [0.15, 0.2) is 0 Å². The van der Waals surface area contributed by atoms with Crippen LogP contribution >= 0.6 is 0 Å². The molecule has 1 aromatic carbocycles. The smallest absolute Gasteiger partial charge is 0.251 e. The molecule has 1 aromatic rings. The summed E-state index contributed by atoms with van der Waals surface area (Å²) in [6, 6.07) is 7.71. The molecule has 2 N–H and O–H groups in total. The lowest BCUT2D eigenvalue weighted by molar-refractivity contribution is 0.0929. The fourth-order valence-electron chi connectivity index (χ4n) is 2.77. The van der Waals surface area contributed by atoms with Crippen LogP contribution in [0.2, 0.25) is 0 Å². The Labute approximate surface area is 139 Å². The van der Waals surface area contributed by atoms with Gasteiger partial charge in [-0.05, 0) is 63.3 Å². The van der Waals surface area contributed by atoms with Crippen molar-refractivity contribution in [1.29, 1.82) is 0 Å². The predicted molar refractivity (Wildman–Crippen MR) is 93.1 cm³/mol. The molecule has 1 aliphatic rings. The molecule has 5 heteroatoms. The molecule has 0 bridgehead atoms. The predicted octanol–water partition coefficient (Wildman–Crippen LogP) is 1.89. The molecule has 0 aliphatic carbocycles. The third kappa shape index (κ3) is 5.84. The van der Waals surface area contributed by atoms with Crippen LogP contribution < -0.4 is 15.4 Å². The van der Waals surface area contributed by atoms with E-state index in [-0.39, 0.29) is 11.9 Å². The highest BCUT2D eigenvalue weighted by Gasteiger charge is 2.16. The highest BCUT2D eigenvalue weighted by atomic mass is 16.5. The highest BCUT2D eigenvalue weighted by molar-refractivity contribution is 5.94. The number of nitrogens with zero attached hydrogens (tertiary/aromatic N) is 1. The second-order valence-electron chi connectivity index (χ2n) is 5.90. The van der Waals surface area contributed by atoms with Crippen molar-refractivity contribution in [1.82, 2.24) is 15.5 Å². The van der Waals surface area contributed by atoms with Crippen molar-refractivity contribution in [2.75, 3.05) is 39.3 Å². The molecular formula is C18H29N3O2. The zero-order valence-electron chi connectivity index (χ0n) is 14.3. The lowest BCUT2D eigenvalue weighted by Gasteiger charge is -2.23. The summed E-state index contributed by atoms with van der Waals surface area (Å²) < 4.78 is 5.74. The molecule has 23 heavy (non-hydrogen) atoms. The van der Waals surface area contributed by atoms with Crippen LogP contribution in [0.25, 0.3) is 0 Å². The Balaban J connectivity index is 1.78. The molecule has 1 fully saturated rings. The summed E-state index contributed by atoms with van der Waals surface area (Å²) >= 11 is 0. The van der Waals surface area contributed by atoms with Gasteiger partial charge in [-0.2, -0.15) is 0 Å². The number of nitrogens with one attached hydrogen (secondary N) is 2. The standard InChI is InChI=1S/C18H29N3O2/c1-3-21(4-2)13-14-23-17-7-5-15(6-8-17)18(22)20-16-9-11-19-12-10-16/h5-8,16,19H,3-4,9-14H2,1-2H3,(H,20,22). The number of ether oxygens (including phenoxy) is 1. The number of amides is 1. The van der Waals surface area contributed by atoms with Gasteiger partial charge in [-0.1, -0.05) is 13.8 Å². The van der Waals surface area contributed by atoms with E-state index in [2.05, 4.69) is 29.4 Å². The van der Waals surface area contributed by atoms with E-state index in [1.165, 1.54) is 0 Å². The molecule has 0 radical (unpaired) electrons. The average Bonchev–Trinajstić information content (AvgIpc) is 2.60. The molecule has 2 rings (SSSR count). The number of likely N-dealkylation sites (N-methyl/N-ethyl adjacent to an activating group) is 1. The monoisotopic (exact) mass is 319 g/mol. The fraction of sp³-hybridized carbons (Fsp3) is 0.611. The Morgan fingerprint density at radius 1 is 1.22 bits per heavy atom. The van der Waals surface area contributed by atoms with Gasteiger partial charge in [0, 0.05) is 18.2 Å². The molecule has 0 atom stereocenters. The van der Waals surface area contributed by atoms with Gasteiger partial charge in [0.2, 0.25) is 0 Å². The summed E-state index contributed by atoms with van der Waals surface area (Å²) in [5, 5.41) is 6.40. The average molecular weight is 319 g/mol. The fourth-order valence-corrected chi connectivity index (χ4v) is 2.77. The maximum Gasteiger partial charge on any atom is 0.251 e. The van der Waals surface area contributed by atoms with Crippen LogP contribution in [0.1, 0.15) is 37.0 Å². The molecule has 0 aromatic heterocycles. The van der Waals surface area contributed by atoms with Crippen molar-refractivity contribution >= 4 is 5.91 Å². The SMILES string of the molecule is CCN(CC)CCOc1ccc(C(=O)NC2CCNCC2)cc1. The van der Waals surface area contributed by atoms with Crippen LogP contribution in [0, 0.1) is 0 Å². The van der Waals surface area contributed by atoms with E-state index in [1.807, 2.05) is 24.3 Å². The second kappa shape index (κ2) is 9.53. The van der Waals surface area contributed by atoms with Crippen LogP contribution in [0.3, 0.4) is 0 Å². The molecule has 1 heterocycles. The number of hydrogen-bond donors (Lipinski definition) is 2. The van der Waals surface area contributed by atoms with Gasteiger partial charge in [-0.25, -0.2) is 0 Å². The van der Waals surface area contributed by atoms with E-state index in [1.54, 1.807) is 0 Å². The quantitative estimate of drug-likeness (QED) is 0.768. The maximum atomic E-state index is 12.2. The van der Waals surface area contributed by atoms with Gasteiger partial charge in [0.25, 0.3) is 5.91 Å². The van der Waals surface area contributed by atoms with Crippen LogP contribution in [0.5, 0.6) is 5.75 Å². The van der Waals surface area contributed by atoms with Crippen molar-refractivity contribution in [3.8, 4) is 5.75 Å². The highest BCUT2D eigenvalue weighted by Crippen LogP contribution is 2.13. The zero-order chi connectivity index (χ0) is 16.5. The van der Waals surface area contributed by atoms with E-state index >= 15 is 0 Å². The van der Waals surface area contributed by atoms with Crippen molar-refractivity contribution in [3.05, 3.63) is 29.8 Å². The van der Waals surface area contributed by atoms with Gasteiger partial charge < -0.3 is 20.3 Å². The molecule has 128 valence electrons. The third-order valence-corrected chi connectivity index (χ3v) is 4.36. The summed E-state index contributed by atoms with van der Waals surface area (Å²) in [5.41, 5.74) is 0.694. The lowest BCUT2D eigenvalue weighted by Crippen LogP contribution is -2.42. The summed E-state index contributed by atoms with van der Waals surface area (Å²) in [6.07, 6.45) is 2.00. The first-order valence-corrected chi connectivity index (χ1v) is 8.69. The summed E-state index contributed by atoms with van der Waals surface area (Å²) in [6.45, 7) is 9.92. The summed E-state index contributed by atoms with van der Waals surface area (Å²) in [4.78, 5) is 14.5. The molecule has 1 saturated heterocycles. The Kier molecular flexibility index (Phi) is 7.36. The molecule has 5 nitrogen and oxygen atoms in total. The van der Waals surface area contributed by atoms with Gasteiger partial charge in [0.1, 0.15) is 12.4 Å². The van der Waals surface area contributed by atoms with E-state index in [0.717, 1.165) is 51.3 Å². The van der Waals surface area contributed by atoms with Gasteiger partial charge in [-0.15, -0.1) is 0 Å². The topological polar surface area (TPSA) is 53.6 Å². The number of carbonyl (C=O) groups is 1. The molecule has 0 saturated carbocycles. The molecular weight excluding hydrogens is 290 g/mol. The van der Waals surface area contributed by atoms with Gasteiger partial charge >= 0.3 is 0 Å². The molecule has 1 aliphatic heterocycles. The number of benzene rings is 1. The second-order valence-corrected chi connectivity index (χ2v) is 5.90. The van der Waals surface area contributed by atoms with Crippen LogP contribution in [0.15, 0.2) is 24.3 Å². The Bertz CT molecular complexity index is 466. The first kappa shape index (κ1) is 17.8. The lowest BCUT2D eigenvalue weighted by atomic mass is 10.1. The number of piperidine rings is 1. The zero-order valence-corrected chi connectivity index (χ0v) is 14.3. The third-order valence-electron chi connectivity index (χ3n) is 4.36. The minimum Gasteiger partial charge on any atom is -0.492 e. The first-order chi connectivity index (χ1) is 11.2. The normalized spacial score (nSPS) is 15.6. The minimum atomic E-state index is 0.00610. The maximum absolute atomic E-state index is 12.2. The Morgan fingerprint density at radius 2 is 1.87 bits per heavy atom. The summed E-state index contributed by atoms with van der Waals surface area (Å²) in [5.74, 6) is 0.821.